The number of carbonyl (C=O) groups is 1. The number of benzene rings is 1. The lowest BCUT2D eigenvalue weighted by Crippen LogP contribution is -2.08. The van der Waals surface area contributed by atoms with Crippen molar-refractivity contribution in [3.8, 4) is 0 Å². The minimum absolute atomic E-state index is 0.0833. The molecule has 0 saturated heterocycles. The number of nitro groups is 1. The molecule has 16 heavy (non-hydrogen) atoms. The van der Waals surface area contributed by atoms with Crippen LogP contribution in [0.4, 0.5) is 10.1 Å². The predicted octanol–water partition coefficient (Wildman–Crippen LogP) is 2.22. The largest absolute Gasteiger partial charge is 0.462 e. The van der Waals surface area contributed by atoms with E-state index in [-0.39, 0.29) is 17.9 Å². The van der Waals surface area contributed by atoms with Crippen molar-refractivity contribution in [3.63, 3.8) is 0 Å². The SMILES string of the molecule is CCOC(=O)c1cc([N+](=O)[O-])c(C)cc1F. The van der Waals surface area contributed by atoms with Crippen LogP contribution in [0.2, 0.25) is 0 Å². The molecule has 0 spiro atoms. The molecule has 0 fully saturated rings. The molecule has 0 unspecified atom stereocenters. The number of aryl methyl sites for hydroxylation is 1. The first-order chi connectivity index (χ1) is 7.47. The minimum Gasteiger partial charge on any atom is -0.462 e. The van der Waals surface area contributed by atoms with E-state index in [9.17, 15) is 19.3 Å². The van der Waals surface area contributed by atoms with E-state index in [1.807, 2.05) is 0 Å². The Balaban J connectivity index is 3.24. The van der Waals surface area contributed by atoms with Crippen molar-refractivity contribution < 1.29 is 18.8 Å². The van der Waals surface area contributed by atoms with E-state index in [2.05, 4.69) is 4.74 Å². The molecule has 0 heterocycles. The summed E-state index contributed by atoms with van der Waals surface area (Å²) in [5.41, 5.74) is -0.556. The molecule has 0 bridgehead atoms. The number of ether oxygens (including phenoxy) is 1. The van der Waals surface area contributed by atoms with Crippen molar-refractivity contribution >= 4 is 11.7 Å². The lowest BCUT2D eigenvalue weighted by molar-refractivity contribution is -0.385. The molecular weight excluding hydrogens is 217 g/mol. The van der Waals surface area contributed by atoms with Crippen LogP contribution in [-0.4, -0.2) is 17.5 Å². The highest BCUT2D eigenvalue weighted by atomic mass is 19.1. The van der Waals surface area contributed by atoms with Gasteiger partial charge in [0.1, 0.15) is 11.4 Å². The average molecular weight is 227 g/mol. The number of nitrogens with zero attached hydrogens (tertiary/aromatic N) is 1. The third-order valence-electron chi connectivity index (χ3n) is 1.98. The quantitative estimate of drug-likeness (QED) is 0.451. The molecule has 1 rings (SSSR count). The summed E-state index contributed by atoms with van der Waals surface area (Å²) in [5.74, 6) is -1.72. The number of esters is 1. The van der Waals surface area contributed by atoms with Crippen LogP contribution in [0.1, 0.15) is 22.8 Å². The summed E-state index contributed by atoms with van der Waals surface area (Å²) in [7, 11) is 0. The van der Waals surface area contributed by atoms with Crippen LogP contribution < -0.4 is 0 Å². The van der Waals surface area contributed by atoms with Crippen LogP contribution in [0.5, 0.6) is 0 Å². The minimum atomic E-state index is -0.900. The van der Waals surface area contributed by atoms with Crippen LogP contribution >= 0.6 is 0 Å². The molecule has 1 aromatic carbocycles. The topological polar surface area (TPSA) is 69.4 Å². The van der Waals surface area contributed by atoms with Gasteiger partial charge < -0.3 is 4.74 Å². The molecule has 1 aromatic rings. The summed E-state index contributed by atoms with van der Waals surface area (Å²) in [6.07, 6.45) is 0. The first-order valence-electron chi connectivity index (χ1n) is 4.59. The van der Waals surface area contributed by atoms with Gasteiger partial charge in [-0.25, -0.2) is 9.18 Å². The number of rotatable bonds is 3. The maximum atomic E-state index is 13.3. The number of hydrogen-bond donors (Lipinski definition) is 0. The Kier molecular flexibility index (Phi) is 3.55. The number of halogens is 1. The molecule has 0 saturated carbocycles. The zero-order valence-corrected chi connectivity index (χ0v) is 8.82. The molecule has 86 valence electrons. The smallest absolute Gasteiger partial charge is 0.341 e. The van der Waals surface area contributed by atoms with Crippen LogP contribution in [0.25, 0.3) is 0 Å². The average Bonchev–Trinajstić information content (AvgIpc) is 2.17. The summed E-state index contributed by atoms with van der Waals surface area (Å²) >= 11 is 0. The Morgan fingerprint density at radius 2 is 2.19 bits per heavy atom. The van der Waals surface area contributed by atoms with E-state index >= 15 is 0 Å². The molecule has 5 nitrogen and oxygen atoms in total. The van der Waals surface area contributed by atoms with E-state index in [1.165, 1.54) is 6.92 Å². The van der Waals surface area contributed by atoms with E-state index in [0.717, 1.165) is 12.1 Å². The van der Waals surface area contributed by atoms with Gasteiger partial charge in [-0.2, -0.15) is 0 Å². The lowest BCUT2D eigenvalue weighted by Gasteiger charge is -2.04. The second kappa shape index (κ2) is 4.69. The van der Waals surface area contributed by atoms with Crippen LogP contribution in [0.3, 0.4) is 0 Å². The summed E-state index contributed by atoms with van der Waals surface area (Å²) in [6, 6.07) is 1.84. The Labute approximate surface area is 91.0 Å². The predicted molar refractivity (Wildman–Crippen MR) is 53.7 cm³/mol. The molecule has 0 radical (unpaired) electrons. The van der Waals surface area contributed by atoms with Gasteiger partial charge in [0.05, 0.1) is 11.5 Å². The highest BCUT2D eigenvalue weighted by Gasteiger charge is 2.20. The number of hydrogen-bond acceptors (Lipinski definition) is 4. The van der Waals surface area contributed by atoms with Gasteiger partial charge in [-0.15, -0.1) is 0 Å². The Morgan fingerprint density at radius 3 is 2.69 bits per heavy atom. The van der Waals surface area contributed by atoms with Crippen LogP contribution in [-0.2, 0) is 4.74 Å². The van der Waals surface area contributed by atoms with Gasteiger partial charge in [0.2, 0.25) is 0 Å². The van der Waals surface area contributed by atoms with E-state index in [4.69, 9.17) is 0 Å². The second-order valence-corrected chi connectivity index (χ2v) is 3.10. The van der Waals surface area contributed by atoms with Crippen molar-refractivity contribution in [3.05, 3.63) is 39.2 Å². The van der Waals surface area contributed by atoms with Gasteiger partial charge in [-0.3, -0.25) is 10.1 Å². The van der Waals surface area contributed by atoms with Gasteiger partial charge in [0.15, 0.2) is 0 Å². The van der Waals surface area contributed by atoms with Crippen molar-refractivity contribution in [1.29, 1.82) is 0 Å². The highest BCUT2D eigenvalue weighted by molar-refractivity contribution is 5.90. The summed E-state index contributed by atoms with van der Waals surface area (Å²) in [5, 5.41) is 10.6. The van der Waals surface area contributed by atoms with Crippen molar-refractivity contribution in [1.82, 2.24) is 0 Å². The van der Waals surface area contributed by atoms with Crippen LogP contribution in [0.15, 0.2) is 12.1 Å². The third-order valence-corrected chi connectivity index (χ3v) is 1.98. The zero-order chi connectivity index (χ0) is 12.3. The van der Waals surface area contributed by atoms with E-state index in [1.54, 1.807) is 6.92 Å². The Hall–Kier alpha value is -1.98. The van der Waals surface area contributed by atoms with E-state index < -0.39 is 22.3 Å². The Morgan fingerprint density at radius 1 is 1.56 bits per heavy atom. The standard InChI is InChI=1S/C10H10FNO4/c1-3-16-10(13)7-5-9(12(14)15)6(2)4-8(7)11/h4-5H,3H2,1-2H3. The fraction of sp³-hybridized carbons (Fsp3) is 0.300. The summed E-state index contributed by atoms with van der Waals surface area (Å²) < 4.78 is 17.9. The molecule has 0 amide bonds. The highest BCUT2D eigenvalue weighted by Crippen LogP contribution is 2.22. The molecule has 0 N–H and O–H groups in total. The van der Waals surface area contributed by atoms with Gasteiger partial charge in [-0.05, 0) is 19.9 Å². The molecule has 0 aromatic heterocycles. The molecule has 0 atom stereocenters. The molecule has 0 aliphatic rings. The number of carbonyl (C=O) groups excluding carboxylic acids is 1. The number of nitro benzene ring substituents is 1. The molecule has 0 aliphatic carbocycles. The molecule has 0 aliphatic heterocycles. The maximum Gasteiger partial charge on any atom is 0.341 e. The first kappa shape index (κ1) is 12.1. The van der Waals surface area contributed by atoms with Gasteiger partial charge in [0.25, 0.3) is 5.69 Å². The Bertz CT molecular complexity index is 445. The van der Waals surface area contributed by atoms with Crippen molar-refractivity contribution in [2.45, 2.75) is 13.8 Å². The molecule has 6 heteroatoms. The fourth-order valence-electron chi connectivity index (χ4n) is 1.22. The van der Waals surface area contributed by atoms with Crippen molar-refractivity contribution in [2.24, 2.45) is 0 Å². The second-order valence-electron chi connectivity index (χ2n) is 3.10. The maximum absolute atomic E-state index is 13.3. The summed E-state index contributed by atoms with van der Waals surface area (Å²) in [6.45, 7) is 3.05. The fourth-order valence-corrected chi connectivity index (χ4v) is 1.22. The van der Waals surface area contributed by atoms with E-state index in [0.29, 0.717) is 0 Å². The normalized spacial score (nSPS) is 9.94. The molecular formula is C10H10FNO4. The van der Waals surface area contributed by atoms with Gasteiger partial charge >= 0.3 is 5.97 Å². The first-order valence-corrected chi connectivity index (χ1v) is 4.59. The lowest BCUT2D eigenvalue weighted by atomic mass is 10.1. The monoisotopic (exact) mass is 227 g/mol. The summed E-state index contributed by atoms with van der Waals surface area (Å²) in [4.78, 5) is 21.2. The third kappa shape index (κ3) is 2.33. The van der Waals surface area contributed by atoms with Crippen molar-refractivity contribution in [2.75, 3.05) is 6.61 Å². The zero-order valence-electron chi connectivity index (χ0n) is 8.82. The van der Waals surface area contributed by atoms with Gasteiger partial charge in [-0.1, -0.05) is 0 Å². The van der Waals surface area contributed by atoms with Gasteiger partial charge in [0, 0.05) is 11.6 Å². The van der Waals surface area contributed by atoms with Crippen LogP contribution in [0, 0.1) is 22.9 Å².